The Morgan fingerprint density at radius 1 is 1.32 bits per heavy atom. The monoisotopic (exact) mass is 586 g/mol. The summed E-state index contributed by atoms with van der Waals surface area (Å²) in [5.41, 5.74) is 0.435. The first kappa shape index (κ1) is 26.9. The van der Waals surface area contributed by atoms with Gasteiger partial charge in [0.25, 0.3) is 0 Å². The second-order valence-electron chi connectivity index (χ2n) is 9.22. The third kappa shape index (κ3) is 6.93. The average molecular weight is 586 g/mol. The molecule has 3 N–H and O–H groups in total. The fourth-order valence-corrected chi connectivity index (χ4v) is 4.78. The first-order valence-electron chi connectivity index (χ1n) is 11.9. The van der Waals surface area contributed by atoms with Gasteiger partial charge in [-0.15, -0.1) is 0 Å². The fraction of sp³-hybridized carbons (Fsp3) is 0.600. The summed E-state index contributed by atoms with van der Waals surface area (Å²) < 4.78 is 12.5. The Morgan fingerprint density at radius 3 is 2.74 bits per heavy atom. The molecule has 188 valence electrons. The Hall–Kier alpha value is -1.69. The van der Waals surface area contributed by atoms with Crippen molar-refractivity contribution in [3.05, 3.63) is 39.5 Å². The lowest BCUT2D eigenvalue weighted by atomic mass is 9.87. The van der Waals surface area contributed by atoms with Crippen molar-refractivity contribution in [2.24, 2.45) is 11.8 Å². The summed E-state index contributed by atoms with van der Waals surface area (Å²) in [6, 6.07) is 6.85. The van der Waals surface area contributed by atoms with Gasteiger partial charge in [-0.05, 0) is 59.6 Å². The Labute approximate surface area is 214 Å². The van der Waals surface area contributed by atoms with E-state index in [1.807, 2.05) is 24.3 Å². The van der Waals surface area contributed by atoms with E-state index in [9.17, 15) is 14.7 Å². The number of rotatable bonds is 10. The van der Waals surface area contributed by atoms with E-state index in [-0.39, 0.29) is 37.3 Å². The van der Waals surface area contributed by atoms with Crippen LogP contribution in [-0.4, -0.2) is 78.1 Å². The molecule has 1 fully saturated rings. The summed E-state index contributed by atoms with van der Waals surface area (Å²) in [5.74, 6) is 0.349. The van der Waals surface area contributed by atoms with Gasteiger partial charge in [0.1, 0.15) is 18.0 Å². The smallest absolute Gasteiger partial charge is 0.247 e. The van der Waals surface area contributed by atoms with E-state index in [1.54, 1.807) is 11.0 Å². The third-order valence-corrected chi connectivity index (χ3v) is 7.11. The van der Waals surface area contributed by atoms with Crippen LogP contribution in [0, 0.1) is 15.4 Å². The molecule has 3 rings (SSSR count). The van der Waals surface area contributed by atoms with Gasteiger partial charge in [-0.25, -0.2) is 0 Å². The van der Waals surface area contributed by atoms with E-state index < -0.39 is 18.2 Å². The van der Waals surface area contributed by atoms with E-state index >= 15 is 0 Å². The van der Waals surface area contributed by atoms with E-state index in [0.29, 0.717) is 43.4 Å². The van der Waals surface area contributed by atoms with Gasteiger partial charge in [-0.2, -0.15) is 0 Å². The van der Waals surface area contributed by atoms with Gasteiger partial charge in [0.2, 0.25) is 11.8 Å². The molecular weight excluding hydrogens is 551 g/mol. The van der Waals surface area contributed by atoms with E-state index in [0.717, 1.165) is 9.99 Å². The van der Waals surface area contributed by atoms with Crippen molar-refractivity contribution in [2.45, 2.75) is 51.4 Å². The second-order valence-corrected chi connectivity index (χ2v) is 10.4. The zero-order valence-corrected chi connectivity index (χ0v) is 21.9. The summed E-state index contributed by atoms with van der Waals surface area (Å²) in [4.78, 5) is 28.1. The highest BCUT2D eigenvalue weighted by molar-refractivity contribution is 14.1. The van der Waals surface area contributed by atoms with Gasteiger partial charge in [0, 0.05) is 31.7 Å². The molecule has 1 aromatic rings. The minimum Gasteiger partial charge on any atom is -0.482 e. The molecule has 0 spiro atoms. The molecule has 1 saturated heterocycles. The van der Waals surface area contributed by atoms with Crippen LogP contribution in [0.1, 0.15) is 33.1 Å². The zero-order chi connectivity index (χ0) is 24.7. The summed E-state index contributed by atoms with van der Waals surface area (Å²) in [5, 5.41) is 23.2. The molecule has 34 heavy (non-hydrogen) atoms. The normalized spacial score (nSPS) is 24.6. The SMILES string of the molecule is CC(C)CCN(C(=O)C1CCOC1)[C@@H]1CC(C(=O)NCCO)=C[C@H](Oc2ccccc2I)[C@H]1O. The van der Waals surface area contributed by atoms with Crippen LogP contribution >= 0.6 is 22.6 Å². The maximum absolute atomic E-state index is 13.5. The molecule has 1 aliphatic heterocycles. The number of para-hydroxylation sites is 1. The van der Waals surface area contributed by atoms with E-state index in [2.05, 4.69) is 41.8 Å². The highest BCUT2D eigenvalue weighted by atomic mass is 127. The number of hydrogen-bond donors (Lipinski definition) is 3. The number of nitrogens with one attached hydrogen (secondary N) is 1. The highest BCUT2D eigenvalue weighted by Crippen LogP contribution is 2.31. The quantitative estimate of drug-likeness (QED) is 0.363. The molecule has 8 nitrogen and oxygen atoms in total. The van der Waals surface area contributed by atoms with Crippen LogP contribution in [0.5, 0.6) is 5.75 Å². The predicted octanol–water partition coefficient (Wildman–Crippen LogP) is 2.12. The molecule has 2 aliphatic rings. The van der Waals surface area contributed by atoms with Crippen molar-refractivity contribution < 1.29 is 29.3 Å². The molecule has 4 atom stereocenters. The number of benzene rings is 1. The molecular formula is C25H35IN2O6. The van der Waals surface area contributed by atoms with Crippen molar-refractivity contribution >= 4 is 34.4 Å². The minimum atomic E-state index is -1.01. The first-order chi connectivity index (χ1) is 16.3. The maximum atomic E-state index is 13.5. The van der Waals surface area contributed by atoms with Crippen molar-refractivity contribution in [1.29, 1.82) is 0 Å². The van der Waals surface area contributed by atoms with Gasteiger partial charge in [0.15, 0.2) is 0 Å². The fourth-order valence-electron chi connectivity index (χ4n) is 4.27. The Kier molecular flexibility index (Phi) is 10.2. The lowest BCUT2D eigenvalue weighted by Crippen LogP contribution is -2.56. The molecule has 0 radical (unpaired) electrons. The largest absolute Gasteiger partial charge is 0.482 e. The Bertz CT molecular complexity index is 871. The second kappa shape index (κ2) is 12.9. The summed E-state index contributed by atoms with van der Waals surface area (Å²) in [6.45, 7) is 5.55. The van der Waals surface area contributed by atoms with Crippen LogP contribution in [0.25, 0.3) is 0 Å². The third-order valence-electron chi connectivity index (χ3n) is 6.22. The topological polar surface area (TPSA) is 108 Å². The van der Waals surface area contributed by atoms with Crippen LogP contribution < -0.4 is 10.1 Å². The van der Waals surface area contributed by atoms with E-state index in [1.165, 1.54) is 0 Å². The van der Waals surface area contributed by atoms with Gasteiger partial charge in [0.05, 0.1) is 28.7 Å². The molecule has 0 saturated carbocycles. The number of amides is 2. The van der Waals surface area contributed by atoms with Crippen LogP contribution in [0.4, 0.5) is 0 Å². The maximum Gasteiger partial charge on any atom is 0.247 e. The van der Waals surface area contributed by atoms with Crippen LogP contribution in [0.3, 0.4) is 0 Å². The van der Waals surface area contributed by atoms with Crippen molar-refractivity contribution in [1.82, 2.24) is 10.2 Å². The van der Waals surface area contributed by atoms with Gasteiger partial charge in [-0.1, -0.05) is 26.0 Å². The van der Waals surface area contributed by atoms with Crippen LogP contribution in [0.2, 0.25) is 0 Å². The van der Waals surface area contributed by atoms with E-state index in [4.69, 9.17) is 14.6 Å². The lowest BCUT2D eigenvalue weighted by Gasteiger charge is -2.41. The highest BCUT2D eigenvalue weighted by Gasteiger charge is 2.42. The number of nitrogens with zero attached hydrogens (tertiary/aromatic N) is 1. The summed E-state index contributed by atoms with van der Waals surface area (Å²) >= 11 is 2.16. The molecule has 9 heteroatoms. The molecule has 0 bridgehead atoms. The van der Waals surface area contributed by atoms with Gasteiger partial charge in [-0.3, -0.25) is 9.59 Å². The molecule has 1 heterocycles. The number of carbonyl (C=O) groups is 2. The van der Waals surface area contributed by atoms with Crippen molar-refractivity contribution in [3.63, 3.8) is 0 Å². The average Bonchev–Trinajstić information content (AvgIpc) is 3.35. The zero-order valence-electron chi connectivity index (χ0n) is 19.8. The predicted molar refractivity (Wildman–Crippen MR) is 136 cm³/mol. The summed E-state index contributed by atoms with van der Waals surface area (Å²) in [6.07, 6.45) is 1.47. The van der Waals surface area contributed by atoms with Crippen LogP contribution in [-0.2, 0) is 14.3 Å². The standard InChI is InChI=1S/C25H35IN2O6/c1-16(2)7-10-28(25(32)17-8-12-33-15-17)20-13-18(24(31)27-9-11-29)14-22(23(20)30)34-21-6-4-3-5-19(21)26/h3-6,14,16-17,20,22-23,29-30H,7-13,15H2,1-2H3,(H,27,31)/t17?,20-,22+,23+/m1/s1. The van der Waals surface area contributed by atoms with Gasteiger partial charge < -0.3 is 29.9 Å². The Morgan fingerprint density at radius 2 is 2.09 bits per heavy atom. The molecule has 1 unspecified atom stereocenters. The van der Waals surface area contributed by atoms with Gasteiger partial charge >= 0.3 is 0 Å². The van der Waals surface area contributed by atoms with Crippen molar-refractivity contribution in [3.8, 4) is 5.75 Å². The minimum absolute atomic E-state index is 0.0488. The Balaban J connectivity index is 1.92. The number of aliphatic hydroxyl groups is 2. The number of aliphatic hydroxyl groups excluding tert-OH is 2. The first-order valence-corrected chi connectivity index (χ1v) is 13.0. The molecule has 1 aromatic carbocycles. The molecule has 1 aliphatic carbocycles. The number of carbonyl (C=O) groups excluding carboxylic acids is 2. The molecule has 0 aromatic heterocycles. The van der Waals surface area contributed by atoms with Crippen molar-refractivity contribution in [2.75, 3.05) is 32.9 Å². The summed E-state index contributed by atoms with van der Waals surface area (Å²) in [7, 11) is 0. The lowest BCUT2D eigenvalue weighted by molar-refractivity contribution is -0.143. The molecule has 2 amide bonds. The number of ether oxygens (including phenoxy) is 2. The number of hydrogen-bond acceptors (Lipinski definition) is 6. The van der Waals surface area contributed by atoms with Crippen LogP contribution in [0.15, 0.2) is 35.9 Å². The number of halogens is 1.